The smallest absolute Gasteiger partial charge is 0.0814 e. The lowest BCUT2D eigenvalue weighted by molar-refractivity contribution is -0.228. The Balaban J connectivity index is 3.63. The Labute approximate surface area is 48.7 Å². The second-order valence-electron chi connectivity index (χ2n) is 1.49. The first-order valence-corrected chi connectivity index (χ1v) is 2.54. The second kappa shape index (κ2) is 3.43. The van der Waals surface area contributed by atoms with Crippen molar-refractivity contribution in [2.24, 2.45) is 4.99 Å². The molecule has 0 saturated heterocycles. The summed E-state index contributed by atoms with van der Waals surface area (Å²) < 4.78 is 0. The molecule has 3 heteroatoms. The maximum atomic E-state index is 10.3. The Kier molecular flexibility index (Phi) is 3.19. The van der Waals surface area contributed by atoms with Gasteiger partial charge in [-0.3, -0.25) is 0 Å². The van der Waals surface area contributed by atoms with Crippen molar-refractivity contribution in [1.82, 2.24) is 0 Å². The Morgan fingerprint density at radius 2 is 2.38 bits per heavy atom. The van der Waals surface area contributed by atoms with Gasteiger partial charge in [-0.05, 0) is 12.3 Å². The third-order valence-electron chi connectivity index (χ3n) is 0.892. The molecule has 3 nitrogen and oxygen atoms in total. The van der Waals surface area contributed by atoms with Crippen molar-refractivity contribution >= 4 is 5.90 Å². The zero-order chi connectivity index (χ0) is 6.57. The van der Waals surface area contributed by atoms with Gasteiger partial charge in [0.15, 0.2) is 0 Å². The van der Waals surface area contributed by atoms with Crippen LogP contribution in [-0.2, 0) is 0 Å². The van der Waals surface area contributed by atoms with Gasteiger partial charge in [-0.15, -0.1) is 0 Å². The van der Waals surface area contributed by atoms with E-state index < -0.39 is 12.0 Å². The Hall–Kier alpha value is -0.570. The molecule has 48 valence electrons. The van der Waals surface area contributed by atoms with Crippen LogP contribution in [0.3, 0.4) is 0 Å². The molecule has 0 spiro atoms. The monoisotopic (exact) mass is 116 g/mol. The molecule has 0 unspecified atom stereocenters. The fourth-order valence-electron chi connectivity index (χ4n) is 0.324. The number of aliphatic hydroxyl groups is 1. The second-order valence-corrected chi connectivity index (χ2v) is 1.49. The van der Waals surface area contributed by atoms with E-state index in [9.17, 15) is 5.11 Å². The van der Waals surface area contributed by atoms with Crippen molar-refractivity contribution in [3.8, 4) is 0 Å². The molecule has 0 aliphatic rings. The average molecular weight is 116 g/mol. The minimum Gasteiger partial charge on any atom is -0.860 e. The van der Waals surface area contributed by atoms with E-state index in [2.05, 4.69) is 4.99 Å². The molecule has 1 atom stereocenters. The standard InChI is InChI=1S/C5H11NO2/c1-3-4(7)5(8)6-2/h4,7H,3H2,1-2H3,(H,6,8)/p-1/t4-/m0/s1. The largest absolute Gasteiger partial charge is 0.860 e. The molecule has 0 aliphatic carbocycles. The molecule has 1 N–H and O–H groups in total. The van der Waals surface area contributed by atoms with E-state index in [1.54, 1.807) is 6.92 Å². The predicted octanol–water partition coefficient (Wildman–Crippen LogP) is -0.854. The zero-order valence-corrected chi connectivity index (χ0v) is 5.09. The molecule has 0 aromatic rings. The fraction of sp³-hybridized carbons (Fsp3) is 0.800. The molecule has 0 fully saturated rings. The normalized spacial score (nSPS) is 16.1. The minimum absolute atomic E-state index is 0.438. The van der Waals surface area contributed by atoms with Crippen molar-refractivity contribution in [2.75, 3.05) is 7.05 Å². The molecule has 0 saturated carbocycles. The average Bonchev–Trinajstić information content (AvgIpc) is 1.84. The maximum absolute atomic E-state index is 10.3. The molecule has 0 heterocycles. The van der Waals surface area contributed by atoms with Gasteiger partial charge in [-0.1, -0.05) is 6.92 Å². The van der Waals surface area contributed by atoms with Gasteiger partial charge in [0.2, 0.25) is 0 Å². The lowest BCUT2D eigenvalue weighted by atomic mass is 10.3. The highest BCUT2D eigenvalue weighted by Crippen LogP contribution is 1.86. The SMILES string of the molecule is CC[C@H](O)C([O-])=NC. The van der Waals surface area contributed by atoms with Crippen molar-refractivity contribution in [3.05, 3.63) is 0 Å². The van der Waals surface area contributed by atoms with Crippen LogP contribution in [-0.4, -0.2) is 24.2 Å². The van der Waals surface area contributed by atoms with Crippen molar-refractivity contribution in [1.29, 1.82) is 0 Å². The van der Waals surface area contributed by atoms with Crippen molar-refractivity contribution in [3.63, 3.8) is 0 Å². The summed E-state index contributed by atoms with van der Waals surface area (Å²) in [6.07, 6.45) is -0.448. The summed E-state index contributed by atoms with van der Waals surface area (Å²) in [6.45, 7) is 1.73. The molecule has 0 aromatic carbocycles. The summed E-state index contributed by atoms with van der Waals surface area (Å²) in [5, 5.41) is 19.0. The third-order valence-corrected chi connectivity index (χ3v) is 0.892. The predicted molar refractivity (Wildman–Crippen MR) is 29.7 cm³/mol. The van der Waals surface area contributed by atoms with Gasteiger partial charge in [-0.25, -0.2) is 0 Å². The number of hydrogen-bond donors (Lipinski definition) is 1. The Morgan fingerprint density at radius 1 is 1.88 bits per heavy atom. The van der Waals surface area contributed by atoms with E-state index in [0.29, 0.717) is 6.42 Å². The van der Waals surface area contributed by atoms with E-state index in [4.69, 9.17) is 5.11 Å². The molecule has 0 rings (SSSR count). The van der Waals surface area contributed by atoms with Gasteiger partial charge < -0.3 is 15.2 Å². The number of nitrogens with zero attached hydrogens (tertiary/aromatic N) is 1. The number of hydrogen-bond acceptors (Lipinski definition) is 3. The van der Waals surface area contributed by atoms with Crippen LogP contribution in [0.25, 0.3) is 0 Å². The zero-order valence-electron chi connectivity index (χ0n) is 5.09. The first-order valence-electron chi connectivity index (χ1n) is 2.54. The highest BCUT2D eigenvalue weighted by Gasteiger charge is 1.95. The maximum Gasteiger partial charge on any atom is 0.0814 e. The summed E-state index contributed by atoms with van der Waals surface area (Å²) in [7, 11) is 1.38. The van der Waals surface area contributed by atoms with Gasteiger partial charge in [0.25, 0.3) is 0 Å². The Bertz CT molecular complexity index is 90.4. The quantitative estimate of drug-likeness (QED) is 0.377. The van der Waals surface area contributed by atoms with Crippen LogP contribution in [0.15, 0.2) is 4.99 Å². The molecule has 0 amide bonds. The molecular weight excluding hydrogens is 106 g/mol. The first kappa shape index (κ1) is 7.43. The first-order chi connectivity index (χ1) is 3.72. The molecule has 0 bridgehead atoms. The van der Waals surface area contributed by atoms with Crippen LogP contribution in [0, 0.1) is 0 Å². The topological polar surface area (TPSA) is 55.6 Å². The lowest BCUT2D eigenvalue weighted by Crippen LogP contribution is -2.31. The van der Waals surface area contributed by atoms with E-state index in [1.165, 1.54) is 7.05 Å². The highest BCUT2D eigenvalue weighted by molar-refractivity contribution is 5.75. The van der Waals surface area contributed by atoms with Crippen LogP contribution in [0.2, 0.25) is 0 Å². The van der Waals surface area contributed by atoms with Crippen LogP contribution in [0.5, 0.6) is 0 Å². The van der Waals surface area contributed by atoms with E-state index in [0.717, 1.165) is 0 Å². The minimum atomic E-state index is -0.889. The van der Waals surface area contributed by atoms with Gasteiger partial charge in [0.1, 0.15) is 0 Å². The van der Waals surface area contributed by atoms with Gasteiger partial charge in [0.05, 0.1) is 6.10 Å². The number of rotatable bonds is 2. The highest BCUT2D eigenvalue weighted by atomic mass is 16.3. The molecule has 0 aliphatic heterocycles. The fourth-order valence-corrected chi connectivity index (χ4v) is 0.324. The number of aliphatic imine (C=N–C) groups is 1. The van der Waals surface area contributed by atoms with Crippen LogP contribution in [0.1, 0.15) is 13.3 Å². The van der Waals surface area contributed by atoms with Crippen molar-refractivity contribution < 1.29 is 10.2 Å². The lowest BCUT2D eigenvalue weighted by Gasteiger charge is -2.13. The molecule has 8 heavy (non-hydrogen) atoms. The van der Waals surface area contributed by atoms with Gasteiger partial charge >= 0.3 is 0 Å². The van der Waals surface area contributed by atoms with Crippen LogP contribution in [0.4, 0.5) is 0 Å². The van der Waals surface area contributed by atoms with Gasteiger partial charge in [-0.2, -0.15) is 0 Å². The molecule has 0 aromatic heterocycles. The molecule has 0 radical (unpaired) electrons. The molecular formula is C5H10NO2-. The van der Waals surface area contributed by atoms with Crippen LogP contribution >= 0.6 is 0 Å². The van der Waals surface area contributed by atoms with Gasteiger partial charge in [0, 0.05) is 7.05 Å². The number of aliphatic hydroxyl groups excluding tert-OH is 1. The summed E-state index contributed by atoms with van der Waals surface area (Å²) in [6, 6.07) is 0. The summed E-state index contributed by atoms with van der Waals surface area (Å²) in [5.74, 6) is -0.438. The Morgan fingerprint density at radius 3 is 2.50 bits per heavy atom. The summed E-state index contributed by atoms with van der Waals surface area (Å²) >= 11 is 0. The van der Waals surface area contributed by atoms with Crippen LogP contribution < -0.4 is 5.11 Å². The van der Waals surface area contributed by atoms with E-state index in [1.807, 2.05) is 0 Å². The van der Waals surface area contributed by atoms with E-state index >= 15 is 0 Å². The van der Waals surface area contributed by atoms with Crippen molar-refractivity contribution in [2.45, 2.75) is 19.4 Å². The summed E-state index contributed by atoms with van der Waals surface area (Å²) in [4.78, 5) is 3.27. The summed E-state index contributed by atoms with van der Waals surface area (Å²) in [5.41, 5.74) is 0. The third kappa shape index (κ3) is 1.93. The van der Waals surface area contributed by atoms with E-state index in [-0.39, 0.29) is 0 Å².